The summed E-state index contributed by atoms with van der Waals surface area (Å²) in [6.45, 7) is 10.1. The van der Waals surface area contributed by atoms with Crippen molar-refractivity contribution < 1.29 is 4.74 Å². The molecule has 0 saturated carbocycles. The molecule has 8 nitrogen and oxygen atoms in total. The number of piperidine rings is 1. The van der Waals surface area contributed by atoms with E-state index in [9.17, 15) is 5.26 Å². The Morgan fingerprint density at radius 2 is 2.05 bits per heavy atom. The Hall–Kier alpha value is -3.25. The van der Waals surface area contributed by atoms with Gasteiger partial charge in [0, 0.05) is 93.7 Å². The second kappa shape index (κ2) is 9.81. The van der Waals surface area contributed by atoms with E-state index < -0.39 is 0 Å². The fourth-order valence-electron chi connectivity index (χ4n) is 7.03. The van der Waals surface area contributed by atoms with Crippen molar-refractivity contribution in [2.24, 2.45) is 5.92 Å². The Kier molecular flexibility index (Phi) is 6.15. The number of ether oxygens (including phenoxy) is 1. The summed E-state index contributed by atoms with van der Waals surface area (Å²) in [6, 6.07) is 15.4. The number of nitriles is 1. The number of rotatable bonds is 4. The molecule has 0 unspecified atom stereocenters. The molecule has 3 aromatic rings. The summed E-state index contributed by atoms with van der Waals surface area (Å²) in [5.41, 5.74) is 5.19. The molecule has 4 aliphatic heterocycles. The van der Waals surface area contributed by atoms with Crippen LogP contribution in [-0.2, 0) is 17.7 Å². The summed E-state index contributed by atoms with van der Waals surface area (Å²) in [6.07, 6.45) is 4.30. The Morgan fingerprint density at radius 3 is 2.95 bits per heavy atom. The zero-order valence-electron chi connectivity index (χ0n) is 22.0. The average molecular weight is 510 g/mol. The molecule has 0 bridgehead atoms. The van der Waals surface area contributed by atoms with Crippen molar-refractivity contribution in [1.29, 1.82) is 5.26 Å². The van der Waals surface area contributed by atoms with Crippen molar-refractivity contribution in [3.05, 3.63) is 59.4 Å². The Bertz CT molecular complexity index is 1390. The van der Waals surface area contributed by atoms with Gasteiger partial charge in [-0.15, -0.1) is 0 Å². The van der Waals surface area contributed by atoms with Crippen LogP contribution in [-0.4, -0.2) is 78.9 Å². The van der Waals surface area contributed by atoms with Crippen LogP contribution in [0.25, 0.3) is 10.9 Å². The fraction of sp³-hybridized carbons (Fsp3) is 0.500. The largest absolute Gasteiger partial charge is 0.370 e. The first kappa shape index (κ1) is 23.8. The number of anilines is 2. The Balaban J connectivity index is 1.00. The quantitative estimate of drug-likeness (QED) is 0.575. The van der Waals surface area contributed by atoms with Gasteiger partial charge in [0.15, 0.2) is 0 Å². The third kappa shape index (κ3) is 4.29. The van der Waals surface area contributed by atoms with Crippen LogP contribution in [0.5, 0.6) is 0 Å². The van der Waals surface area contributed by atoms with Gasteiger partial charge in [-0.1, -0.05) is 6.07 Å². The highest BCUT2D eigenvalue weighted by Gasteiger charge is 2.44. The number of nitrogens with zero attached hydrogens (tertiary/aromatic N) is 6. The predicted molar refractivity (Wildman–Crippen MR) is 148 cm³/mol. The number of pyridine rings is 2. The van der Waals surface area contributed by atoms with Gasteiger partial charge in [0.2, 0.25) is 0 Å². The van der Waals surface area contributed by atoms with Gasteiger partial charge in [-0.2, -0.15) is 5.26 Å². The summed E-state index contributed by atoms with van der Waals surface area (Å²) in [5.74, 6) is 1.86. The maximum Gasteiger partial charge on any atom is 0.128 e. The lowest BCUT2D eigenvalue weighted by Crippen LogP contribution is -2.66. The smallest absolute Gasteiger partial charge is 0.128 e. The lowest BCUT2D eigenvalue weighted by molar-refractivity contribution is -0.0757. The molecule has 0 spiro atoms. The maximum atomic E-state index is 9.54. The van der Waals surface area contributed by atoms with E-state index in [1.165, 1.54) is 17.7 Å². The molecule has 1 aromatic carbocycles. The topological polar surface area (TPSA) is 80.6 Å². The standard InChI is InChI=1S/C30H35N7O/c1-20-15-36(28-6-4-21(13-31)30-25(28)3-2-10-33-30)18-24(38-20)19-37-17-23-16-35(12-9-27(23)37)29-7-5-22-14-32-11-8-26(22)34-29/h2-7,10,20,23-24,27,32H,8-9,11-12,14-19H2,1H3/t20-,23-,24-,27-/m1/s1. The van der Waals surface area contributed by atoms with E-state index in [2.05, 4.69) is 62.3 Å². The number of nitrogens with one attached hydrogen (secondary N) is 1. The summed E-state index contributed by atoms with van der Waals surface area (Å²) in [4.78, 5) is 17.1. The average Bonchev–Trinajstić information content (AvgIpc) is 2.94. The van der Waals surface area contributed by atoms with Crippen LogP contribution in [0.15, 0.2) is 42.6 Å². The van der Waals surface area contributed by atoms with Crippen LogP contribution in [0.4, 0.5) is 11.5 Å². The normalized spacial score (nSPS) is 27.4. The molecule has 3 saturated heterocycles. The van der Waals surface area contributed by atoms with Crippen LogP contribution >= 0.6 is 0 Å². The number of hydrogen-bond acceptors (Lipinski definition) is 8. The summed E-state index contributed by atoms with van der Waals surface area (Å²) in [5, 5.41) is 14.0. The first-order valence-corrected chi connectivity index (χ1v) is 14.0. The van der Waals surface area contributed by atoms with Gasteiger partial charge >= 0.3 is 0 Å². The highest BCUT2D eigenvalue weighted by Crippen LogP contribution is 2.36. The minimum absolute atomic E-state index is 0.153. The van der Waals surface area contributed by atoms with Crippen molar-refractivity contribution in [1.82, 2.24) is 20.2 Å². The molecular weight excluding hydrogens is 474 g/mol. The van der Waals surface area contributed by atoms with E-state index in [0.29, 0.717) is 17.5 Å². The molecule has 38 heavy (non-hydrogen) atoms. The van der Waals surface area contributed by atoms with Crippen LogP contribution in [0, 0.1) is 17.2 Å². The molecule has 7 rings (SSSR count). The first-order valence-electron chi connectivity index (χ1n) is 14.0. The molecule has 8 heteroatoms. The Morgan fingerprint density at radius 1 is 1.11 bits per heavy atom. The van der Waals surface area contributed by atoms with Gasteiger partial charge in [-0.25, -0.2) is 4.98 Å². The van der Waals surface area contributed by atoms with Gasteiger partial charge in [-0.05, 0) is 49.2 Å². The van der Waals surface area contributed by atoms with Gasteiger partial charge < -0.3 is 19.9 Å². The maximum absolute atomic E-state index is 9.54. The van der Waals surface area contributed by atoms with Crippen molar-refractivity contribution in [3.63, 3.8) is 0 Å². The van der Waals surface area contributed by atoms with Crippen molar-refractivity contribution in [2.45, 2.75) is 44.6 Å². The van der Waals surface area contributed by atoms with Gasteiger partial charge in [-0.3, -0.25) is 9.88 Å². The van der Waals surface area contributed by atoms with Gasteiger partial charge in [0.05, 0.1) is 23.3 Å². The number of fused-ring (bicyclic) bond motifs is 3. The zero-order chi connectivity index (χ0) is 25.6. The SMILES string of the molecule is C[C@@H]1CN(c2ccc(C#N)c3ncccc23)C[C@H](CN2C[C@H]3CN(c4ccc5c(n4)CCNC5)CC[C@H]32)O1. The third-order valence-electron chi connectivity index (χ3n) is 8.84. The van der Waals surface area contributed by atoms with E-state index >= 15 is 0 Å². The number of hydrogen-bond donors (Lipinski definition) is 1. The second-order valence-corrected chi connectivity index (χ2v) is 11.3. The monoisotopic (exact) mass is 509 g/mol. The van der Waals surface area contributed by atoms with E-state index in [0.717, 1.165) is 81.2 Å². The minimum Gasteiger partial charge on any atom is -0.370 e. The predicted octanol–water partition coefficient (Wildman–Crippen LogP) is 2.95. The van der Waals surface area contributed by atoms with Crippen molar-refractivity contribution >= 4 is 22.4 Å². The first-order chi connectivity index (χ1) is 18.7. The molecule has 0 radical (unpaired) electrons. The molecule has 2 aromatic heterocycles. The number of aromatic nitrogens is 2. The molecule has 0 amide bonds. The van der Waals surface area contributed by atoms with Crippen LogP contribution in [0.2, 0.25) is 0 Å². The molecule has 3 fully saturated rings. The Labute approximate surface area is 224 Å². The molecule has 6 heterocycles. The molecule has 196 valence electrons. The van der Waals surface area contributed by atoms with Crippen molar-refractivity contribution in [3.8, 4) is 6.07 Å². The van der Waals surface area contributed by atoms with Crippen LogP contribution in [0.3, 0.4) is 0 Å². The summed E-state index contributed by atoms with van der Waals surface area (Å²) in [7, 11) is 0. The van der Waals surface area contributed by atoms with Crippen LogP contribution < -0.4 is 15.1 Å². The molecule has 1 N–H and O–H groups in total. The fourth-order valence-corrected chi connectivity index (χ4v) is 7.03. The number of benzene rings is 1. The lowest BCUT2D eigenvalue weighted by atomic mass is 9.82. The highest BCUT2D eigenvalue weighted by molar-refractivity contribution is 5.95. The van der Waals surface area contributed by atoms with E-state index in [-0.39, 0.29) is 12.2 Å². The lowest BCUT2D eigenvalue weighted by Gasteiger charge is -2.55. The molecule has 0 aliphatic carbocycles. The van der Waals surface area contributed by atoms with Gasteiger partial charge in [0.1, 0.15) is 11.9 Å². The molecule has 4 aliphatic rings. The van der Waals surface area contributed by atoms with Gasteiger partial charge in [0.25, 0.3) is 0 Å². The molecule has 4 atom stereocenters. The second-order valence-electron chi connectivity index (χ2n) is 11.3. The highest BCUT2D eigenvalue weighted by atomic mass is 16.5. The summed E-state index contributed by atoms with van der Waals surface area (Å²) < 4.78 is 6.45. The zero-order valence-corrected chi connectivity index (χ0v) is 22.0. The van der Waals surface area contributed by atoms with Crippen LogP contribution in [0.1, 0.15) is 30.2 Å². The van der Waals surface area contributed by atoms with E-state index in [1.807, 2.05) is 12.1 Å². The van der Waals surface area contributed by atoms with E-state index in [1.54, 1.807) is 6.20 Å². The third-order valence-corrected chi connectivity index (χ3v) is 8.84. The molecular formula is C30H35N7O. The minimum atomic E-state index is 0.153. The van der Waals surface area contributed by atoms with E-state index in [4.69, 9.17) is 9.72 Å². The summed E-state index contributed by atoms with van der Waals surface area (Å²) >= 11 is 0. The van der Waals surface area contributed by atoms with Crippen molar-refractivity contribution in [2.75, 3.05) is 55.6 Å². The number of likely N-dealkylation sites (tertiary alicyclic amines) is 1. The number of morpholine rings is 1.